The third kappa shape index (κ3) is 4.72. The van der Waals surface area contributed by atoms with Crippen LogP contribution in [0, 0.1) is 5.92 Å². The SMILES string of the molecule is CNC(c1ccccc1OCCOC)C1CCCCCC1. The first kappa shape index (κ1) is 16.3. The number of hydrogen-bond acceptors (Lipinski definition) is 3. The van der Waals surface area contributed by atoms with Gasteiger partial charge in [0.15, 0.2) is 0 Å². The summed E-state index contributed by atoms with van der Waals surface area (Å²) in [5, 5.41) is 3.54. The van der Waals surface area contributed by atoms with E-state index >= 15 is 0 Å². The monoisotopic (exact) mass is 291 g/mol. The van der Waals surface area contributed by atoms with Gasteiger partial charge >= 0.3 is 0 Å². The Morgan fingerprint density at radius 2 is 1.81 bits per heavy atom. The van der Waals surface area contributed by atoms with Gasteiger partial charge in [-0.1, -0.05) is 43.9 Å². The predicted octanol–water partition coefficient (Wildman–Crippen LogP) is 3.94. The van der Waals surface area contributed by atoms with Gasteiger partial charge in [0.25, 0.3) is 0 Å². The maximum atomic E-state index is 5.92. The van der Waals surface area contributed by atoms with Crippen LogP contribution in [0.5, 0.6) is 5.75 Å². The van der Waals surface area contributed by atoms with Crippen LogP contribution < -0.4 is 10.1 Å². The van der Waals surface area contributed by atoms with E-state index in [0.717, 1.165) is 5.75 Å². The molecule has 1 fully saturated rings. The maximum absolute atomic E-state index is 5.92. The molecule has 0 aromatic heterocycles. The molecule has 1 aliphatic carbocycles. The minimum Gasteiger partial charge on any atom is -0.491 e. The second-order valence-electron chi connectivity index (χ2n) is 5.90. The van der Waals surface area contributed by atoms with Crippen molar-refractivity contribution < 1.29 is 9.47 Å². The second kappa shape index (κ2) is 9.06. The summed E-state index contributed by atoms with van der Waals surface area (Å²) in [5.74, 6) is 1.71. The van der Waals surface area contributed by atoms with Crippen molar-refractivity contribution in [1.29, 1.82) is 0 Å². The van der Waals surface area contributed by atoms with Crippen LogP contribution in [0.15, 0.2) is 24.3 Å². The lowest BCUT2D eigenvalue weighted by molar-refractivity contribution is 0.145. The highest BCUT2D eigenvalue weighted by Gasteiger charge is 2.25. The Hall–Kier alpha value is -1.06. The van der Waals surface area contributed by atoms with Gasteiger partial charge in [0.05, 0.1) is 6.61 Å². The second-order valence-corrected chi connectivity index (χ2v) is 5.90. The molecule has 0 bridgehead atoms. The summed E-state index contributed by atoms with van der Waals surface area (Å²) in [4.78, 5) is 0. The van der Waals surface area contributed by atoms with Gasteiger partial charge in [-0.3, -0.25) is 0 Å². The highest BCUT2D eigenvalue weighted by atomic mass is 16.5. The fourth-order valence-corrected chi connectivity index (χ4v) is 3.39. The first-order chi connectivity index (χ1) is 10.4. The molecule has 1 unspecified atom stereocenters. The van der Waals surface area contributed by atoms with Crippen LogP contribution in [0.1, 0.15) is 50.1 Å². The molecule has 0 amide bonds. The van der Waals surface area contributed by atoms with Gasteiger partial charge in [-0.25, -0.2) is 0 Å². The van der Waals surface area contributed by atoms with Crippen LogP contribution in [0.4, 0.5) is 0 Å². The number of benzene rings is 1. The first-order valence-electron chi connectivity index (χ1n) is 8.24. The van der Waals surface area contributed by atoms with Gasteiger partial charge in [-0.2, -0.15) is 0 Å². The van der Waals surface area contributed by atoms with Crippen molar-refractivity contribution in [2.45, 2.75) is 44.6 Å². The number of rotatable bonds is 7. The number of methoxy groups -OCH3 is 1. The van der Waals surface area contributed by atoms with Crippen molar-refractivity contribution in [2.24, 2.45) is 5.92 Å². The lowest BCUT2D eigenvalue weighted by Crippen LogP contribution is -2.26. The van der Waals surface area contributed by atoms with E-state index in [1.54, 1.807) is 7.11 Å². The van der Waals surface area contributed by atoms with E-state index in [1.807, 2.05) is 6.07 Å². The Kier molecular flexibility index (Phi) is 7.04. The molecule has 0 heterocycles. The number of para-hydroxylation sites is 1. The molecule has 0 saturated heterocycles. The summed E-state index contributed by atoms with van der Waals surface area (Å²) >= 11 is 0. The van der Waals surface area contributed by atoms with Crippen LogP contribution in [0.2, 0.25) is 0 Å². The zero-order valence-corrected chi connectivity index (χ0v) is 13.4. The average molecular weight is 291 g/mol. The third-order valence-corrected chi connectivity index (χ3v) is 4.48. The molecule has 1 saturated carbocycles. The van der Waals surface area contributed by atoms with Gasteiger partial charge in [0.2, 0.25) is 0 Å². The molecular formula is C18H29NO2. The summed E-state index contributed by atoms with van der Waals surface area (Å²) in [7, 11) is 3.78. The molecular weight excluding hydrogens is 262 g/mol. The summed E-state index contributed by atoms with van der Waals surface area (Å²) in [5.41, 5.74) is 1.29. The van der Waals surface area contributed by atoms with Crippen LogP contribution in [-0.2, 0) is 4.74 Å². The predicted molar refractivity (Wildman–Crippen MR) is 86.8 cm³/mol. The fraction of sp³-hybridized carbons (Fsp3) is 0.667. The van der Waals surface area contributed by atoms with Crippen LogP contribution in [0.3, 0.4) is 0 Å². The largest absolute Gasteiger partial charge is 0.491 e. The lowest BCUT2D eigenvalue weighted by Gasteiger charge is -2.28. The quantitative estimate of drug-likeness (QED) is 0.609. The summed E-state index contributed by atoms with van der Waals surface area (Å²) < 4.78 is 11.0. The standard InChI is InChI=1S/C18H29NO2/c1-19-18(15-9-5-3-4-6-10-15)16-11-7-8-12-17(16)21-14-13-20-2/h7-8,11-12,15,18-19H,3-6,9-10,13-14H2,1-2H3. The summed E-state index contributed by atoms with van der Waals surface area (Å²) in [6.45, 7) is 1.23. The van der Waals surface area contributed by atoms with Crippen LogP contribution >= 0.6 is 0 Å². The third-order valence-electron chi connectivity index (χ3n) is 4.48. The van der Waals surface area contributed by atoms with Crippen molar-refractivity contribution in [1.82, 2.24) is 5.32 Å². The molecule has 1 aromatic rings. The number of ether oxygens (including phenoxy) is 2. The highest BCUT2D eigenvalue weighted by Crippen LogP contribution is 2.36. The normalized spacial score (nSPS) is 18.2. The van der Waals surface area contributed by atoms with Gasteiger partial charge in [-0.05, 0) is 31.9 Å². The van der Waals surface area contributed by atoms with Gasteiger partial charge < -0.3 is 14.8 Å². The lowest BCUT2D eigenvalue weighted by atomic mass is 9.87. The van der Waals surface area contributed by atoms with Crippen molar-refractivity contribution >= 4 is 0 Å². The minimum atomic E-state index is 0.391. The van der Waals surface area contributed by atoms with Crippen molar-refractivity contribution in [3.05, 3.63) is 29.8 Å². The van der Waals surface area contributed by atoms with E-state index in [2.05, 4.69) is 30.6 Å². The molecule has 1 atom stereocenters. The highest BCUT2D eigenvalue weighted by molar-refractivity contribution is 5.36. The van der Waals surface area contributed by atoms with E-state index in [0.29, 0.717) is 25.2 Å². The minimum absolute atomic E-state index is 0.391. The molecule has 1 aliphatic rings. The Morgan fingerprint density at radius 3 is 2.48 bits per heavy atom. The smallest absolute Gasteiger partial charge is 0.124 e. The molecule has 3 heteroatoms. The van der Waals surface area contributed by atoms with Crippen molar-refractivity contribution in [3.8, 4) is 5.75 Å². The van der Waals surface area contributed by atoms with Gasteiger partial charge in [-0.15, -0.1) is 0 Å². The van der Waals surface area contributed by atoms with Gasteiger partial charge in [0.1, 0.15) is 12.4 Å². The number of hydrogen-bond donors (Lipinski definition) is 1. The average Bonchev–Trinajstić information content (AvgIpc) is 2.79. The van der Waals surface area contributed by atoms with E-state index in [1.165, 1.54) is 44.1 Å². The van der Waals surface area contributed by atoms with E-state index in [-0.39, 0.29) is 0 Å². The Bertz CT molecular complexity index is 400. The van der Waals surface area contributed by atoms with Crippen LogP contribution in [0.25, 0.3) is 0 Å². The summed E-state index contributed by atoms with van der Waals surface area (Å²) in [6.07, 6.45) is 8.12. The zero-order valence-electron chi connectivity index (χ0n) is 13.4. The van der Waals surface area contributed by atoms with E-state index in [9.17, 15) is 0 Å². The first-order valence-corrected chi connectivity index (χ1v) is 8.24. The van der Waals surface area contributed by atoms with Crippen LogP contribution in [-0.4, -0.2) is 27.4 Å². The molecule has 1 aromatic carbocycles. The molecule has 0 radical (unpaired) electrons. The topological polar surface area (TPSA) is 30.5 Å². The molecule has 0 spiro atoms. The van der Waals surface area contributed by atoms with Gasteiger partial charge in [0, 0.05) is 18.7 Å². The maximum Gasteiger partial charge on any atom is 0.124 e. The zero-order chi connectivity index (χ0) is 14.9. The Labute approximate surface area is 129 Å². The van der Waals surface area contributed by atoms with Crippen molar-refractivity contribution in [2.75, 3.05) is 27.4 Å². The fourth-order valence-electron chi connectivity index (χ4n) is 3.39. The Morgan fingerprint density at radius 1 is 1.10 bits per heavy atom. The van der Waals surface area contributed by atoms with E-state index < -0.39 is 0 Å². The Balaban J connectivity index is 2.12. The summed E-state index contributed by atoms with van der Waals surface area (Å²) in [6, 6.07) is 8.83. The molecule has 118 valence electrons. The number of nitrogens with one attached hydrogen (secondary N) is 1. The molecule has 3 nitrogen and oxygen atoms in total. The molecule has 0 aliphatic heterocycles. The molecule has 1 N–H and O–H groups in total. The van der Waals surface area contributed by atoms with Crippen molar-refractivity contribution in [3.63, 3.8) is 0 Å². The molecule has 21 heavy (non-hydrogen) atoms. The van der Waals surface area contributed by atoms with E-state index in [4.69, 9.17) is 9.47 Å². The molecule has 2 rings (SSSR count).